The monoisotopic (exact) mass is 169 g/mol. The van der Waals surface area contributed by atoms with Gasteiger partial charge in [-0.25, -0.2) is 0 Å². The Kier molecular flexibility index (Phi) is 2.37. The minimum Gasteiger partial charge on any atom is -0.393 e. The molecule has 70 valence electrons. The number of rotatable bonds is 2. The Morgan fingerprint density at radius 3 is 3.08 bits per heavy atom. The normalized spacial score (nSPS) is 43.0. The van der Waals surface area contributed by atoms with Crippen molar-refractivity contribution in [3.05, 3.63) is 0 Å². The summed E-state index contributed by atoms with van der Waals surface area (Å²) in [6, 6.07) is 0.609. The molecule has 4 atom stereocenters. The zero-order valence-electron chi connectivity index (χ0n) is 7.79. The summed E-state index contributed by atoms with van der Waals surface area (Å²) in [6.07, 6.45) is 5.01. The number of aliphatic hydroxyl groups excluding tert-OH is 1. The Labute approximate surface area is 74.4 Å². The van der Waals surface area contributed by atoms with Crippen LogP contribution in [0.2, 0.25) is 0 Å². The van der Waals surface area contributed by atoms with E-state index < -0.39 is 0 Å². The van der Waals surface area contributed by atoms with Crippen LogP contribution < -0.4 is 5.32 Å². The second-order valence-electron chi connectivity index (χ2n) is 4.45. The maximum absolute atomic E-state index is 9.29. The third kappa shape index (κ3) is 1.50. The minimum absolute atomic E-state index is 0.137. The lowest BCUT2D eigenvalue weighted by molar-refractivity contribution is 0.161. The predicted molar refractivity (Wildman–Crippen MR) is 48.9 cm³/mol. The van der Waals surface area contributed by atoms with Crippen LogP contribution in [0.5, 0.6) is 0 Å². The van der Waals surface area contributed by atoms with Crippen molar-refractivity contribution in [2.45, 2.75) is 44.8 Å². The Balaban J connectivity index is 1.91. The molecular weight excluding hydrogens is 150 g/mol. The molecule has 0 spiro atoms. The van der Waals surface area contributed by atoms with Crippen LogP contribution in [0.4, 0.5) is 0 Å². The van der Waals surface area contributed by atoms with E-state index in [1.165, 1.54) is 25.8 Å². The number of aliphatic hydroxyl groups is 1. The number of fused-ring (bicyclic) bond motifs is 1. The van der Waals surface area contributed by atoms with Gasteiger partial charge in [0, 0.05) is 6.04 Å². The van der Waals surface area contributed by atoms with Crippen LogP contribution in [0.3, 0.4) is 0 Å². The first kappa shape index (κ1) is 8.52. The van der Waals surface area contributed by atoms with Crippen molar-refractivity contribution in [2.24, 2.45) is 11.8 Å². The average molecular weight is 169 g/mol. The van der Waals surface area contributed by atoms with Crippen LogP contribution in [-0.2, 0) is 0 Å². The molecule has 0 aromatic heterocycles. The van der Waals surface area contributed by atoms with Gasteiger partial charge in [0.2, 0.25) is 0 Å². The zero-order valence-corrected chi connectivity index (χ0v) is 7.79. The lowest BCUT2D eigenvalue weighted by atomic mass is 9.91. The summed E-state index contributed by atoms with van der Waals surface area (Å²) < 4.78 is 0. The zero-order chi connectivity index (χ0) is 8.55. The van der Waals surface area contributed by atoms with Crippen LogP contribution in [0.25, 0.3) is 0 Å². The Hall–Kier alpha value is -0.0800. The van der Waals surface area contributed by atoms with Crippen LogP contribution in [0, 0.1) is 11.8 Å². The molecule has 2 rings (SSSR count). The molecular formula is C10H19NO. The maximum Gasteiger partial charge on any atom is 0.0527 e. The van der Waals surface area contributed by atoms with Gasteiger partial charge in [0.25, 0.3) is 0 Å². The lowest BCUT2D eigenvalue weighted by Crippen LogP contribution is -2.30. The fourth-order valence-electron chi connectivity index (χ4n) is 2.93. The van der Waals surface area contributed by atoms with Crippen molar-refractivity contribution < 1.29 is 5.11 Å². The van der Waals surface area contributed by atoms with Gasteiger partial charge in [0.05, 0.1) is 6.10 Å². The molecule has 0 amide bonds. The van der Waals surface area contributed by atoms with Gasteiger partial charge in [-0.15, -0.1) is 0 Å². The number of hydrogen-bond donors (Lipinski definition) is 2. The van der Waals surface area contributed by atoms with Gasteiger partial charge in [-0.1, -0.05) is 6.42 Å². The average Bonchev–Trinajstić information content (AvgIpc) is 2.52. The van der Waals surface area contributed by atoms with E-state index in [1.807, 2.05) is 6.92 Å². The molecule has 2 N–H and O–H groups in total. The molecule has 1 saturated heterocycles. The summed E-state index contributed by atoms with van der Waals surface area (Å²) in [5.41, 5.74) is 0. The standard InChI is InChI=1S/C10H19NO/c1-7(12)5-10-9-4-2-3-8(9)6-11-10/h7-12H,2-6H2,1H3. The summed E-state index contributed by atoms with van der Waals surface area (Å²) in [7, 11) is 0. The molecule has 0 radical (unpaired) electrons. The van der Waals surface area contributed by atoms with Gasteiger partial charge >= 0.3 is 0 Å². The molecule has 0 bridgehead atoms. The second-order valence-corrected chi connectivity index (χ2v) is 4.45. The summed E-state index contributed by atoms with van der Waals surface area (Å²) in [6.45, 7) is 3.09. The third-order valence-electron chi connectivity index (χ3n) is 3.47. The van der Waals surface area contributed by atoms with Crippen molar-refractivity contribution >= 4 is 0 Å². The van der Waals surface area contributed by atoms with Gasteiger partial charge in [0.1, 0.15) is 0 Å². The summed E-state index contributed by atoms with van der Waals surface area (Å²) >= 11 is 0. The molecule has 2 nitrogen and oxygen atoms in total. The molecule has 1 heterocycles. The van der Waals surface area contributed by atoms with Crippen molar-refractivity contribution in [3.8, 4) is 0 Å². The van der Waals surface area contributed by atoms with Gasteiger partial charge in [-0.3, -0.25) is 0 Å². The highest BCUT2D eigenvalue weighted by molar-refractivity contribution is 4.94. The fourth-order valence-corrected chi connectivity index (χ4v) is 2.93. The van der Waals surface area contributed by atoms with Gasteiger partial charge < -0.3 is 10.4 Å². The molecule has 0 aromatic rings. The largest absolute Gasteiger partial charge is 0.393 e. The quantitative estimate of drug-likeness (QED) is 0.650. The molecule has 0 aromatic carbocycles. The smallest absolute Gasteiger partial charge is 0.0527 e. The molecule has 4 unspecified atom stereocenters. The predicted octanol–water partition coefficient (Wildman–Crippen LogP) is 1.15. The topological polar surface area (TPSA) is 32.3 Å². The summed E-state index contributed by atoms with van der Waals surface area (Å²) in [5.74, 6) is 1.80. The Morgan fingerprint density at radius 2 is 2.33 bits per heavy atom. The van der Waals surface area contributed by atoms with E-state index in [4.69, 9.17) is 0 Å². The van der Waals surface area contributed by atoms with E-state index in [0.29, 0.717) is 6.04 Å². The first-order valence-electron chi connectivity index (χ1n) is 5.19. The summed E-state index contributed by atoms with van der Waals surface area (Å²) in [4.78, 5) is 0. The first-order valence-corrected chi connectivity index (χ1v) is 5.19. The molecule has 2 fully saturated rings. The van der Waals surface area contributed by atoms with E-state index in [2.05, 4.69) is 5.32 Å². The van der Waals surface area contributed by atoms with E-state index in [0.717, 1.165) is 18.3 Å². The van der Waals surface area contributed by atoms with Crippen molar-refractivity contribution in [2.75, 3.05) is 6.54 Å². The van der Waals surface area contributed by atoms with Crippen LogP contribution in [0.15, 0.2) is 0 Å². The van der Waals surface area contributed by atoms with Gasteiger partial charge in [0.15, 0.2) is 0 Å². The van der Waals surface area contributed by atoms with E-state index in [-0.39, 0.29) is 6.10 Å². The summed E-state index contributed by atoms with van der Waals surface area (Å²) in [5, 5.41) is 12.8. The Bertz CT molecular complexity index is 158. The highest BCUT2D eigenvalue weighted by Gasteiger charge is 2.38. The number of nitrogens with one attached hydrogen (secondary N) is 1. The van der Waals surface area contributed by atoms with E-state index in [1.54, 1.807) is 0 Å². The maximum atomic E-state index is 9.29. The molecule has 1 saturated carbocycles. The molecule has 1 aliphatic heterocycles. The fraction of sp³-hybridized carbons (Fsp3) is 1.00. The number of hydrogen-bond acceptors (Lipinski definition) is 2. The van der Waals surface area contributed by atoms with Gasteiger partial charge in [-0.2, -0.15) is 0 Å². The molecule has 2 aliphatic rings. The van der Waals surface area contributed by atoms with Crippen LogP contribution >= 0.6 is 0 Å². The Morgan fingerprint density at radius 1 is 1.50 bits per heavy atom. The van der Waals surface area contributed by atoms with Crippen molar-refractivity contribution in [3.63, 3.8) is 0 Å². The second kappa shape index (κ2) is 3.35. The lowest BCUT2D eigenvalue weighted by Gasteiger charge is -2.19. The van der Waals surface area contributed by atoms with Crippen molar-refractivity contribution in [1.82, 2.24) is 5.32 Å². The van der Waals surface area contributed by atoms with E-state index >= 15 is 0 Å². The van der Waals surface area contributed by atoms with Crippen LogP contribution in [0.1, 0.15) is 32.6 Å². The van der Waals surface area contributed by atoms with Crippen molar-refractivity contribution in [1.29, 1.82) is 0 Å². The third-order valence-corrected chi connectivity index (χ3v) is 3.47. The highest BCUT2D eigenvalue weighted by Crippen LogP contribution is 2.38. The van der Waals surface area contributed by atoms with Gasteiger partial charge in [-0.05, 0) is 44.6 Å². The minimum atomic E-state index is -0.137. The SMILES string of the molecule is CC(O)CC1NCC2CCCC21. The molecule has 2 heteroatoms. The molecule has 1 aliphatic carbocycles. The van der Waals surface area contributed by atoms with E-state index in [9.17, 15) is 5.11 Å². The first-order chi connectivity index (χ1) is 5.77. The van der Waals surface area contributed by atoms with Crippen LogP contribution in [-0.4, -0.2) is 23.8 Å². The molecule has 12 heavy (non-hydrogen) atoms. The highest BCUT2D eigenvalue weighted by atomic mass is 16.3.